The Hall–Kier alpha value is -2.93. The monoisotopic (exact) mass is 369 g/mol. The maximum absolute atomic E-state index is 12.6. The quantitative estimate of drug-likeness (QED) is 0.743. The van der Waals surface area contributed by atoms with Gasteiger partial charge in [0.25, 0.3) is 5.91 Å². The third-order valence-corrected chi connectivity index (χ3v) is 4.67. The third kappa shape index (κ3) is 4.83. The Balaban J connectivity index is 1.59. The summed E-state index contributed by atoms with van der Waals surface area (Å²) in [5.41, 5.74) is 0.239. The van der Waals surface area contributed by atoms with Crippen LogP contribution in [0.3, 0.4) is 0 Å². The van der Waals surface area contributed by atoms with Gasteiger partial charge in [-0.05, 0) is 43.7 Å². The summed E-state index contributed by atoms with van der Waals surface area (Å²) >= 11 is 0. The number of carboxylic acids is 1. The number of hydrogen-bond acceptors (Lipinski definition) is 5. The van der Waals surface area contributed by atoms with Crippen LogP contribution in [-0.4, -0.2) is 52.0 Å². The smallest absolute Gasteiger partial charge is 0.317 e. The van der Waals surface area contributed by atoms with Gasteiger partial charge < -0.3 is 15.2 Å². The molecular formula is C20H23N3O4. The van der Waals surface area contributed by atoms with E-state index in [0.717, 1.165) is 12.8 Å². The number of rotatable bonds is 8. The van der Waals surface area contributed by atoms with Crippen LogP contribution in [0.1, 0.15) is 30.3 Å². The van der Waals surface area contributed by atoms with E-state index in [2.05, 4.69) is 10.3 Å². The van der Waals surface area contributed by atoms with Crippen molar-refractivity contribution in [3.8, 4) is 11.5 Å². The summed E-state index contributed by atoms with van der Waals surface area (Å²) in [4.78, 5) is 29.6. The Kier molecular flexibility index (Phi) is 6.03. The van der Waals surface area contributed by atoms with Crippen LogP contribution in [0.2, 0.25) is 0 Å². The van der Waals surface area contributed by atoms with Crippen LogP contribution in [0.4, 0.5) is 0 Å². The summed E-state index contributed by atoms with van der Waals surface area (Å²) in [6, 6.07) is 12.9. The molecule has 0 spiro atoms. The van der Waals surface area contributed by atoms with E-state index in [4.69, 9.17) is 9.84 Å². The number of para-hydroxylation sites is 1. The second-order valence-electron chi connectivity index (χ2n) is 6.52. The Bertz CT molecular complexity index is 791. The van der Waals surface area contributed by atoms with E-state index in [1.54, 1.807) is 18.3 Å². The summed E-state index contributed by atoms with van der Waals surface area (Å²) in [5.74, 6) is -0.0829. The molecule has 1 aliphatic rings. The van der Waals surface area contributed by atoms with Crippen molar-refractivity contribution in [2.45, 2.75) is 31.8 Å². The van der Waals surface area contributed by atoms with Gasteiger partial charge in [0.2, 0.25) is 0 Å². The zero-order chi connectivity index (χ0) is 19.2. The minimum absolute atomic E-state index is 0.0110. The average Bonchev–Trinajstić information content (AvgIpc) is 2.63. The van der Waals surface area contributed by atoms with Gasteiger partial charge in [-0.15, -0.1) is 0 Å². The van der Waals surface area contributed by atoms with Crippen molar-refractivity contribution in [2.24, 2.45) is 0 Å². The van der Waals surface area contributed by atoms with Gasteiger partial charge in [0.05, 0.1) is 6.54 Å². The first-order valence-electron chi connectivity index (χ1n) is 9.01. The maximum atomic E-state index is 12.6. The lowest BCUT2D eigenvalue weighted by molar-refractivity contribution is -0.139. The second kappa shape index (κ2) is 8.64. The van der Waals surface area contributed by atoms with Crippen LogP contribution in [0, 0.1) is 0 Å². The molecule has 2 N–H and O–H groups in total. The molecule has 3 rings (SSSR count). The number of aromatic nitrogens is 1. The molecule has 1 saturated carbocycles. The topological polar surface area (TPSA) is 91.8 Å². The highest BCUT2D eigenvalue weighted by Crippen LogP contribution is 2.27. The lowest BCUT2D eigenvalue weighted by Gasteiger charge is -2.42. The molecule has 2 aromatic rings. The molecular weight excluding hydrogens is 346 g/mol. The van der Waals surface area contributed by atoms with Crippen LogP contribution in [-0.2, 0) is 4.79 Å². The van der Waals surface area contributed by atoms with Gasteiger partial charge >= 0.3 is 5.97 Å². The number of aliphatic carboxylic acids is 1. The fourth-order valence-electron chi connectivity index (χ4n) is 3.19. The number of nitrogens with zero attached hydrogens (tertiary/aromatic N) is 2. The van der Waals surface area contributed by atoms with Crippen molar-refractivity contribution in [3.63, 3.8) is 0 Å². The first-order chi connectivity index (χ1) is 13.1. The SMILES string of the molecule is CCN(CC(=O)O)C1CC(NC(=O)c2ncccc2Oc2ccccc2)C1. The van der Waals surface area contributed by atoms with Crippen LogP contribution < -0.4 is 10.1 Å². The van der Waals surface area contributed by atoms with Crippen molar-refractivity contribution < 1.29 is 19.4 Å². The number of pyridine rings is 1. The lowest BCUT2D eigenvalue weighted by atomic mass is 9.85. The first-order valence-corrected chi connectivity index (χ1v) is 9.01. The molecule has 7 heteroatoms. The Morgan fingerprint density at radius 2 is 1.96 bits per heavy atom. The summed E-state index contributed by atoms with van der Waals surface area (Å²) < 4.78 is 5.79. The van der Waals surface area contributed by atoms with Crippen molar-refractivity contribution in [2.75, 3.05) is 13.1 Å². The number of carbonyl (C=O) groups excluding carboxylic acids is 1. The zero-order valence-electron chi connectivity index (χ0n) is 15.2. The number of hydrogen-bond donors (Lipinski definition) is 2. The van der Waals surface area contributed by atoms with Crippen molar-refractivity contribution in [1.82, 2.24) is 15.2 Å². The summed E-state index contributed by atoms with van der Waals surface area (Å²) in [7, 11) is 0. The maximum Gasteiger partial charge on any atom is 0.317 e. The third-order valence-electron chi connectivity index (χ3n) is 4.67. The largest absolute Gasteiger partial charge is 0.480 e. The number of ether oxygens (including phenoxy) is 1. The highest BCUT2D eigenvalue weighted by molar-refractivity contribution is 5.95. The molecule has 1 aromatic heterocycles. The van der Waals surface area contributed by atoms with Gasteiger partial charge in [-0.3, -0.25) is 14.5 Å². The number of carboxylic acid groups (broad SMARTS) is 1. The molecule has 0 saturated heterocycles. The fraction of sp³-hybridized carbons (Fsp3) is 0.350. The first kappa shape index (κ1) is 18.8. The van der Waals surface area contributed by atoms with Crippen LogP contribution in [0.5, 0.6) is 11.5 Å². The predicted octanol–water partition coefficient (Wildman–Crippen LogP) is 2.54. The van der Waals surface area contributed by atoms with Crippen LogP contribution in [0.25, 0.3) is 0 Å². The van der Waals surface area contributed by atoms with Crippen molar-refractivity contribution in [1.29, 1.82) is 0 Å². The Morgan fingerprint density at radius 3 is 2.63 bits per heavy atom. The summed E-state index contributed by atoms with van der Waals surface area (Å²) in [5, 5.41) is 11.9. The second-order valence-corrected chi connectivity index (χ2v) is 6.52. The summed E-state index contributed by atoms with van der Waals surface area (Å²) in [6.07, 6.45) is 3.02. The normalized spacial score (nSPS) is 18.6. The molecule has 27 heavy (non-hydrogen) atoms. The molecule has 1 aromatic carbocycles. The molecule has 0 aliphatic heterocycles. The highest BCUT2D eigenvalue weighted by Gasteiger charge is 2.35. The number of benzene rings is 1. The van der Waals surface area contributed by atoms with E-state index in [-0.39, 0.29) is 30.2 Å². The molecule has 7 nitrogen and oxygen atoms in total. The molecule has 0 radical (unpaired) electrons. The van der Waals surface area contributed by atoms with Gasteiger partial charge in [0, 0.05) is 18.3 Å². The molecule has 0 unspecified atom stereocenters. The molecule has 1 heterocycles. The van der Waals surface area contributed by atoms with E-state index in [9.17, 15) is 9.59 Å². The van der Waals surface area contributed by atoms with Gasteiger partial charge in [0.15, 0.2) is 11.4 Å². The number of nitrogens with one attached hydrogen (secondary N) is 1. The number of carbonyl (C=O) groups is 2. The average molecular weight is 369 g/mol. The Morgan fingerprint density at radius 1 is 1.22 bits per heavy atom. The molecule has 1 fully saturated rings. The molecule has 142 valence electrons. The molecule has 0 bridgehead atoms. The van der Waals surface area contributed by atoms with E-state index >= 15 is 0 Å². The highest BCUT2D eigenvalue weighted by atomic mass is 16.5. The van der Waals surface area contributed by atoms with Gasteiger partial charge in [-0.1, -0.05) is 25.1 Å². The zero-order valence-corrected chi connectivity index (χ0v) is 15.2. The minimum Gasteiger partial charge on any atom is -0.480 e. The number of likely N-dealkylation sites (N-methyl/N-ethyl adjacent to an activating group) is 1. The molecule has 1 aliphatic carbocycles. The van der Waals surface area contributed by atoms with Gasteiger partial charge in [-0.2, -0.15) is 0 Å². The van der Waals surface area contributed by atoms with E-state index in [1.807, 2.05) is 42.2 Å². The van der Waals surface area contributed by atoms with E-state index in [1.165, 1.54) is 0 Å². The summed E-state index contributed by atoms with van der Waals surface area (Å²) in [6.45, 7) is 2.64. The van der Waals surface area contributed by atoms with Crippen molar-refractivity contribution in [3.05, 3.63) is 54.4 Å². The minimum atomic E-state index is -0.833. The van der Waals surface area contributed by atoms with Crippen molar-refractivity contribution >= 4 is 11.9 Å². The predicted molar refractivity (Wildman–Crippen MR) is 99.9 cm³/mol. The van der Waals surface area contributed by atoms with Gasteiger partial charge in [-0.25, -0.2) is 4.98 Å². The van der Waals surface area contributed by atoms with E-state index in [0.29, 0.717) is 18.0 Å². The van der Waals surface area contributed by atoms with Crippen LogP contribution in [0.15, 0.2) is 48.7 Å². The fourth-order valence-corrected chi connectivity index (χ4v) is 3.19. The molecule has 0 atom stereocenters. The Labute approximate surface area is 158 Å². The van der Waals surface area contributed by atoms with E-state index < -0.39 is 5.97 Å². The van der Waals surface area contributed by atoms with Gasteiger partial charge in [0.1, 0.15) is 5.75 Å². The standard InChI is InChI=1S/C20H23N3O4/c1-2-23(13-18(24)25)15-11-14(12-15)22-20(26)19-17(9-6-10-21-19)27-16-7-4-3-5-8-16/h3-10,14-15H,2,11-13H2,1H3,(H,22,26)(H,24,25). The van der Waals surface area contributed by atoms with Crippen LogP contribution >= 0.6 is 0 Å². The lowest BCUT2D eigenvalue weighted by Crippen LogP contribution is -2.54. The molecule has 1 amide bonds. The number of amides is 1.